The van der Waals surface area contributed by atoms with Gasteiger partial charge in [-0.2, -0.15) is 0 Å². The van der Waals surface area contributed by atoms with Crippen molar-refractivity contribution in [1.82, 2.24) is 0 Å². The second-order valence-electron chi connectivity index (χ2n) is 5.51. The van der Waals surface area contributed by atoms with Gasteiger partial charge in [0.05, 0.1) is 6.42 Å². The molecule has 1 aromatic rings. The van der Waals surface area contributed by atoms with Crippen LogP contribution in [0.2, 0.25) is 0 Å². The summed E-state index contributed by atoms with van der Waals surface area (Å²) < 4.78 is 0.952. The van der Waals surface area contributed by atoms with E-state index >= 15 is 0 Å². The molecule has 4 nitrogen and oxygen atoms in total. The first-order valence-corrected chi connectivity index (χ1v) is 7.56. The first-order chi connectivity index (χ1) is 9.49. The van der Waals surface area contributed by atoms with Crippen LogP contribution in [0.3, 0.4) is 0 Å². The number of carbonyl (C=O) groups excluding carboxylic acids is 1. The molecular weight excluding hydrogens is 322 g/mol. The summed E-state index contributed by atoms with van der Waals surface area (Å²) in [6.07, 6.45) is 4.05. The van der Waals surface area contributed by atoms with Gasteiger partial charge in [-0.1, -0.05) is 28.8 Å². The quantitative estimate of drug-likeness (QED) is 0.856. The Morgan fingerprint density at radius 3 is 2.30 bits per heavy atom. The molecule has 1 aliphatic rings. The SMILES string of the molecule is O=C(O)CC1(CC(=O)Nc2ccc(Br)cc2)CCCC1. The van der Waals surface area contributed by atoms with Gasteiger partial charge in [0.25, 0.3) is 0 Å². The minimum atomic E-state index is -0.816. The van der Waals surface area contributed by atoms with Crippen molar-refractivity contribution in [3.63, 3.8) is 0 Å². The third-order valence-electron chi connectivity index (χ3n) is 3.85. The van der Waals surface area contributed by atoms with Crippen LogP contribution in [0.25, 0.3) is 0 Å². The predicted octanol–water partition coefficient (Wildman–Crippen LogP) is 3.81. The highest BCUT2D eigenvalue weighted by molar-refractivity contribution is 9.10. The zero-order chi connectivity index (χ0) is 14.6. The Morgan fingerprint density at radius 1 is 1.15 bits per heavy atom. The van der Waals surface area contributed by atoms with Crippen LogP contribution in [0.1, 0.15) is 38.5 Å². The van der Waals surface area contributed by atoms with E-state index in [-0.39, 0.29) is 24.2 Å². The van der Waals surface area contributed by atoms with Crippen LogP contribution in [-0.4, -0.2) is 17.0 Å². The van der Waals surface area contributed by atoms with Crippen LogP contribution in [0, 0.1) is 5.41 Å². The van der Waals surface area contributed by atoms with Crippen molar-refractivity contribution in [2.24, 2.45) is 5.41 Å². The van der Waals surface area contributed by atoms with Gasteiger partial charge in [0.1, 0.15) is 0 Å². The van der Waals surface area contributed by atoms with Crippen molar-refractivity contribution in [2.75, 3.05) is 5.32 Å². The summed E-state index contributed by atoms with van der Waals surface area (Å²) in [5, 5.41) is 11.9. The maximum Gasteiger partial charge on any atom is 0.303 e. The van der Waals surface area contributed by atoms with Crippen molar-refractivity contribution in [3.8, 4) is 0 Å². The summed E-state index contributed by atoms with van der Waals surface area (Å²) in [7, 11) is 0. The third-order valence-corrected chi connectivity index (χ3v) is 4.38. The number of amides is 1. The van der Waals surface area contributed by atoms with E-state index in [1.165, 1.54) is 0 Å². The first kappa shape index (κ1) is 15.0. The summed E-state index contributed by atoms with van der Waals surface area (Å²) in [5.41, 5.74) is 0.382. The second-order valence-corrected chi connectivity index (χ2v) is 6.43. The van der Waals surface area contributed by atoms with Crippen molar-refractivity contribution in [1.29, 1.82) is 0 Å². The van der Waals surface area contributed by atoms with E-state index in [1.54, 1.807) is 0 Å². The molecule has 1 saturated carbocycles. The molecule has 1 fully saturated rings. The van der Waals surface area contributed by atoms with Gasteiger partial charge < -0.3 is 10.4 Å². The maximum atomic E-state index is 12.1. The van der Waals surface area contributed by atoms with Crippen LogP contribution in [-0.2, 0) is 9.59 Å². The van der Waals surface area contributed by atoms with Crippen LogP contribution < -0.4 is 5.32 Å². The molecule has 108 valence electrons. The predicted molar refractivity (Wildman–Crippen MR) is 80.5 cm³/mol. The molecule has 0 bridgehead atoms. The summed E-state index contributed by atoms with van der Waals surface area (Å²) in [6, 6.07) is 7.36. The number of anilines is 1. The molecule has 0 aliphatic heterocycles. The highest BCUT2D eigenvalue weighted by Crippen LogP contribution is 2.44. The highest BCUT2D eigenvalue weighted by atomic mass is 79.9. The van der Waals surface area contributed by atoms with Gasteiger partial charge in [-0.25, -0.2) is 0 Å². The Hall–Kier alpha value is -1.36. The van der Waals surface area contributed by atoms with Crippen molar-refractivity contribution >= 4 is 33.5 Å². The number of benzene rings is 1. The van der Waals surface area contributed by atoms with Gasteiger partial charge >= 0.3 is 5.97 Å². The van der Waals surface area contributed by atoms with Gasteiger partial charge in [0, 0.05) is 16.6 Å². The molecule has 0 aromatic heterocycles. The Kier molecular flexibility index (Phi) is 4.81. The zero-order valence-electron chi connectivity index (χ0n) is 11.2. The van der Waals surface area contributed by atoms with Gasteiger partial charge in [0.15, 0.2) is 0 Å². The van der Waals surface area contributed by atoms with E-state index in [0.717, 1.165) is 35.8 Å². The number of carboxylic acid groups (broad SMARTS) is 1. The summed E-state index contributed by atoms with van der Waals surface area (Å²) in [5.74, 6) is -0.918. The molecule has 0 heterocycles. The summed E-state index contributed by atoms with van der Waals surface area (Å²) >= 11 is 3.34. The third kappa shape index (κ3) is 4.07. The molecule has 1 aliphatic carbocycles. The monoisotopic (exact) mass is 339 g/mol. The van der Waals surface area contributed by atoms with Crippen molar-refractivity contribution in [3.05, 3.63) is 28.7 Å². The molecule has 2 N–H and O–H groups in total. The van der Waals surface area contributed by atoms with Crippen LogP contribution >= 0.6 is 15.9 Å². The van der Waals surface area contributed by atoms with E-state index in [0.29, 0.717) is 0 Å². The molecular formula is C15H18BrNO3. The highest BCUT2D eigenvalue weighted by Gasteiger charge is 2.37. The zero-order valence-corrected chi connectivity index (χ0v) is 12.8. The van der Waals surface area contributed by atoms with Crippen molar-refractivity contribution in [2.45, 2.75) is 38.5 Å². The standard InChI is InChI=1S/C15H18BrNO3/c16-11-3-5-12(6-4-11)17-13(18)9-15(10-14(19)20)7-1-2-8-15/h3-6H,1-2,7-10H2,(H,17,18)(H,19,20). The fourth-order valence-corrected chi connectivity index (χ4v) is 3.21. The van der Waals surface area contributed by atoms with E-state index in [4.69, 9.17) is 5.11 Å². The molecule has 0 saturated heterocycles. The average molecular weight is 340 g/mol. The number of rotatable bonds is 5. The molecule has 20 heavy (non-hydrogen) atoms. The van der Waals surface area contributed by atoms with E-state index in [2.05, 4.69) is 21.2 Å². The lowest BCUT2D eigenvalue weighted by molar-refractivity contribution is -0.140. The smallest absolute Gasteiger partial charge is 0.303 e. The number of hydrogen-bond acceptors (Lipinski definition) is 2. The summed E-state index contributed by atoms with van der Waals surface area (Å²) in [4.78, 5) is 23.1. The van der Waals surface area contributed by atoms with Crippen LogP contribution in [0.4, 0.5) is 5.69 Å². The van der Waals surface area contributed by atoms with Gasteiger partial charge in [-0.05, 0) is 42.5 Å². The van der Waals surface area contributed by atoms with E-state index in [9.17, 15) is 9.59 Å². The second kappa shape index (κ2) is 6.39. The minimum absolute atomic E-state index is 0.0841. The van der Waals surface area contributed by atoms with E-state index in [1.807, 2.05) is 24.3 Å². The Balaban J connectivity index is 1.98. The molecule has 0 unspecified atom stereocenters. The van der Waals surface area contributed by atoms with Gasteiger partial charge in [-0.15, -0.1) is 0 Å². The van der Waals surface area contributed by atoms with E-state index < -0.39 is 5.97 Å². The number of nitrogens with one attached hydrogen (secondary N) is 1. The first-order valence-electron chi connectivity index (χ1n) is 6.76. The number of carboxylic acids is 1. The molecule has 5 heteroatoms. The lowest BCUT2D eigenvalue weighted by Gasteiger charge is -2.26. The molecule has 0 spiro atoms. The Bertz CT molecular complexity index is 492. The Labute approximate surface area is 126 Å². The lowest BCUT2D eigenvalue weighted by atomic mass is 9.79. The minimum Gasteiger partial charge on any atom is -0.481 e. The van der Waals surface area contributed by atoms with Crippen LogP contribution in [0.15, 0.2) is 28.7 Å². The Morgan fingerprint density at radius 2 is 1.75 bits per heavy atom. The number of halogens is 1. The molecule has 1 aromatic carbocycles. The number of carbonyl (C=O) groups is 2. The molecule has 2 rings (SSSR count). The maximum absolute atomic E-state index is 12.1. The molecule has 0 radical (unpaired) electrons. The number of hydrogen-bond donors (Lipinski definition) is 2. The topological polar surface area (TPSA) is 66.4 Å². The lowest BCUT2D eigenvalue weighted by Crippen LogP contribution is -2.27. The normalized spacial score (nSPS) is 16.9. The molecule has 1 amide bonds. The fraction of sp³-hybridized carbons (Fsp3) is 0.467. The average Bonchev–Trinajstić information content (AvgIpc) is 2.79. The van der Waals surface area contributed by atoms with Gasteiger partial charge in [0.2, 0.25) is 5.91 Å². The van der Waals surface area contributed by atoms with Crippen molar-refractivity contribution < 1.29 is 14.7 Å². The summed E-state index contributed by atoms with van der Waals surface area (Å²) in [6.45, 7) is 0. The van der Waals surface area contributed by atoms with Gasteiger partial charge in [-0.3, -0.25) is 9.59 Å². The number of aliphatic carboxylic acids is 1. The largest absolute Gasteiger partial charge is 0.481 e. The van der Waals surface area contributed by atoms with Crippen LogP contribution in [0.5, 0.6) is 0 Å². The molecule has 0 atom stereocenters. The fourth-order valence-electron chi connectivity index (χ4n) is 2.94.